The van der Waals surface area contributed by atoms with Crippen LogP contribution in [0.15, 0.2) is 24.3 Å². The minimum Gasteiger partial charge on any atom is -0.372 e. The molecule has 2 fully saturated rings. The first-order valence-electron chi connectivity index (χ1n) is 7.58. The van der Waals surface area contributed by atoms with Crippen LogP contribution in [0, 0.1) is 0 Å². The van der Waals surface area contributed by atoms with Crippen molar-refractivity contribution in [2.45, 2.75) is 31.8 Å². The van der Waals surface area contributed by atoms with Crippen molar-refractivity contribution >= 4 is 5.69 Å². The molecule has 2 saturated heterocycles. The zero-order valence-electron chi connectivity index (χ0n) is 11.9. The van der Waals surface area contributed by atoms with E-state index in [9.17, 15) is 0 Å². The monoisotopic (exact) mass is 259 g/mol. The Morgan fingerprint density at radius 1 is 1.11 bits per heavy atom. The third-order valence-corrected chi connectivity index (χ3v) is 4.49. The highest BCUT2D eigenvalue weighted by Crippen LogP contribution is 2.21. The van der Waals surface area contributed by atoms with Gasteiger partial charge in [-0.15, -0.1) is 0 Å². The Balaban J connectivity index is 1.57. The minimum atomic E-state index is 0.684. The van der Waals surface area contributed by atoms with E-state index in [-0.39, 0.29) is 0 Å². The van der Waals surface area contributed by atoms with Crippen LogP contribution in [-0.2, 0) is 6.54 Å². The fourth-order valence-electron chi connectivity index (χ4n) is 3.26. The number of hydrogen-bond acceptors (Lipinski definition) is 3. The lowest BCUT2D eigenvalue weighted by atomic mass is 10.2. The molecule has 0 aromatic heterocycles. The Kier molecular flexibility index (Phi) is 4.04. The van der Waals surface area contributed by atoms with Crippen LogP contribution in [0.4, 0.5) is 5.69 Å². The van der Waals surface area contributed by atoms with Gasteiger partial charge in [0.15, 0.2) is 0 Å². The Morgan fingerprint density at radius 3 is 2.47 bits per heavy atom. The first kappa shape index (κ1) is 12.9. The Bertz CT molecular complexity index is 395. The Labute approximate surface area is 116 Å². The second kappa shape index (κ2) is 5.93. The van der Waals surface area contributed by atoms with Gasteiger partial charge < -0.3 is 10.2 Å². The maximum Gasteiger partial charge on any atom is 0.0366 e. The summed E-state index contributed by atoms with van der Waals surface area (Å²) in [4.78, 5) is 5.04. The van der Waals surface area contributed by atoms with Gasteiger partial charge in [-0.3, -0.25) is 4.90 Å². The molecule has 0 bridgehead atoms. The summed E-state index contributed by atoms with van der Waals surface area (Å²) in [5.41, 5.74) is 2.84. The van der Waals surface area contributed by atoms with Gasteiger partial charge in [0.2, 0.25) is 0 Å². The SMILES string of the molecule is CNC1CCN(Cc2ccc(N3CCCC3)cc2)C1. The van der Waals surface area contributed by atoms with E-state index in [1.807, 2.05) is 0 Å². The van der Waals surface area contributed by atoms with E-state index >= 15 is 0 Å². The maximum atomic E-state index is 3.38. The highest BCUT2D eigenvalue weighted by atomic mass is 15.2. The molecule has 0 aliphatic carbocycles. The van der Waals surface area contributed by atoms with Crippen molar-refractivity contribution in [1.29, 1.82) is 0 Å². The minimum absolute atomic E-state index is 0.684. The largest absolute Gasteiger partial charge is 0.372 e. The Morgan fingerprint density at radius 2 is 1.84 bits per heavy atom. The van der Waals surface area contributed by atoms with Crippen molar-refractivity contribution in [3.05, 3.63) is 29.8 Å². The summed E-state index contributed by atoms with van der Waals surface area (Å²) in [6.45, 7) is 5.97. The molecule has 0 radical (unpaired) electrons. The number of likely N-dealkylation sites (N-methyl/N-ethyl adjacent to an activating group) is 1. The average Bonchev–Trinajstić information content (AvgIpc) is 3.10. The first-order chi connectivity index (χ1) is 9.35. The second-order valence-corrected chi connectivity index (χ2v) is 5.87. The number of benzene rings is 1. The predicted octanol–water partition coefficient (Wildman–Crippen LogP) is 2.08. The van der Waals surface area contributed by atoms with Gasteiger partial charge in [-0.2, -0.15) is 0 Å². The van der Waals surface area contributed by atoms with Crippen molar-refractivity contribution in [3.8, 4) is 0 Å². The normalized spacial score (nSPS) is 24.3. The van der Waals surface area contributed by atoms with Crippen LogP contribution < -0.4 is 10.2 Å². The van der Waals surface area contributed by atoms with E-state index in [2.05, 4.69) is 46.4 Å². The van der Waals surface area contributed by atoms with Gasteiger partial charge in [0.05, 0.1) is 0 Å². The van der Waals surface area contributed by atoms with Gasteiger partial charge in [-0.1, -0.05) is 12.1 Å². The number of rotatable bonds is 4. The van der Waals surface area contributed by atoms with Crippen molar-refractivity contribution < 1.29 is 0 Å². The third-order valence-electron chi connectivity index (χ3n) is 4.49. The molecule has 0 spiro atoms. The van der Waals surface area contributed by atoms with Gasteiger partial charge in [-0.05, 0) is 44.0 Å². The quantitative estimate of drug-likeness (QED) is 0.893. The van der Waals surface area contributed by atoms with Crippen molar-refractivity contribution in [2.24, 2.45) is 0 Å². The molecule has 1 N–H and O–H groups in total. The summed E-state index contributed by atoms with van der Waals surface area (Å²) in [5, 5.41) is 3.38. The van der Waals surface area contributed by atoms with Gasteiger partial charge in [0.1, 0.15) is 0 Å². The van der Waals surface area contributed by atoms with E-state index in [0.29, 0.717) is 6.04 Å². The van der Waals surface area contributed by atoms with Gasteiger partial charge in [-0.25, -0.2) is 0 Å². The number of hydrogen-bond donors (Lipinski definition) is 1. The molecule has 3 heteroatoms. The summed E-state index contributed by atoms with van der Waals surface area (Å²) in [7, 11) is 2.07. The van der Waals surface area contributed by atoms with Gasteiger partial charge in [0.25, 0.3) is 0 Å². The standard InChI is InChI=1S/C16H25N3/c1-17-15-8-11-18(13-15)12-14-4-6-16(7-5-14)19-9-2-3-10-19/h4-7,15,17H,2-3,8-13H2,1H3. The van der Waals surface area contributed by atoms with Crippen molar-refractivity contribution in [2.75, 3.05) is 38.1 Å². The summed E-state index contributed by atoms with van der Waals surface area (Å²) >= 11 is 0. The molecular weight excluding hydrogens is 234 g/mol. The third kappa shape index (κ3) is 3.10. The van der Waals surface area contributed by atoms with Gasteiger partial charge in [0, 0.05) is 44.5 Å². The first-order valence-corrected chi connectivity index (χ1v) is 7.58. The van der Waals surface area contributed by atoms with Crippen LogP contribution >= 0.6 is 0 Å². The molecule has 1 unspecified atom stereocenters. The van der Waals surface area contributed by atoms with Crippen LogP contribution in [0.5, 0.6) is 0 Å². The smallest absolute Gasteiger partial charge is 0.0366 e. The second-order valence-electron chi connectivity index (χ2n) is 5.87. The van der Waals surface area contributed by atoms with E-state index in [1.165, 1.54) is 56.7 Å². The fraction of sp³-hybridized carbons (Fsp3) is 0.625. The summed E-state index contributed by atoms with van der Waals surface area (Å²) in [6, 6.07) is 9.89. The van der Waals surface area contributed by atoms with Crippen LogP contribution in [0.25, 0.3) is 0 Å². The average molecular weight is 259 g/mol. The zero-order valence-corrected chi connectivity index (χ0v) is 11.9. The number of nitrogens with one attached hydrogen (secondary N) is 1. The lowest BCUT2D eigenvalue weighted by molar-refractivity contribution is 0.322. The van der Waals surface area contributed by atoms with E-state index in [4.69, 9.17) is 0 Å². The molecule has 0 saturated carbocycles. The molecular formula is C16H25N3. The molecule has 1 aromatic carbocycles. The topological polar surface area (TPSA) is 18.5 Å². The van der Waals surface area contributed by atoms with E-state index in [0.717, 1.165) is 6.54 Å². The van der Waals surface area contributed by atoms with Crippen LogP contribution in [0.1, 0.15) is 24.8 Å². The highest BCUT2D eigenvalue weighted by Gasteiger charge is 2.20. The highest BCUT2D eigenvalue weighted by molar-refractivity contribution is 5.48. The molecule has 3 rings (SSSR count). The van der Waals surface area contributed by atoms with Crippen molar-refractivity contribution in [3.63, 3.8) is 0 Å². The predicted molar refractivity (Wildman–Crippen MR) is 80.6 cm³/mol. The lowest BCUT2D eigenvalue weighted by Gasteiger charge is -2.19. The molecule has 19 heavy (non-hydrogen) atoms. The number of anilines is 1. The molecule has 1 aromatic rings. The fourth-order valence-corrected chi connectivity index (χ4v) is 3.26. The molecule has 1 atom stereocenters. The van der Waals surface area contributed by atoms with Crippen molar-refractivity contribution in [1.82, 2.24) is 10.2 Å². The molecule has 0 amide bonds. The number of nitrogens with zero attached hydrogens (tertiary/aromatic N) is 2. The molecule has 104 valence electrons. The number of likely N-dealkylation sites (tertiary alicyclic amines) is 1. The summed E-state index contributed by atoms with van der Waals surface area (Å²) < 4.78 is 0. The molecule has 3 nitrogen and oxygen atoms in total. The van der Waals surface area contributed by atoms with Gasteiger partial charge >= 0.3 is 0 Å². The lowest BCUT2D eigenvalue weighted by Crippen LogP contribution is -2.29. The molecule has 2 aliphatic heterocycles. The Hall–Kier alpha value is -1.06. The maximum absolute atomic E-state index is 3.38. The molecule has 2 aliphatic rings. The van der Waals surface area contributed by atoms with E-state index in [1.54, 1.807) is 0 Å². The van der Waals surface area contributed by atoms with Crippen LogP contribution in [-0.4, -0.2) is 44.2 Å². The molecule has 2 heterocycles. The van der Waals surface area contributed by atoms with Crippen LogP contribution in [0.2, 0.25) is 0 Å². The summed E-state index contributed by atoms with van der Waals surface area (Å²) in [6.07, 6.45) is 3.98. The van der Waals surface area contributed by atoms with E-state index < -0.39 is 0 Å². The van der Waals surface area contributed by atoms with Crippen LogP contribution in [0.3, 0.4) is 0 Å². The zero-order chi connectivity index (χ0) is 13.1. The summed E-state index contributed by atoms with van der Waals surface area (Å²) in [5.74, 6) is 0.